The number of fused-ring (bicyclic) bond motifs is 1. The summed E-state index contributed by atoms with van der Waals surface area (Å²) in [5.74, 6) is 0.907. The minimum Gasteiger partial charge on any atom is -0.372 e. The summed E-state index contributed by atoms with van der Waals surface area (Å²) < 4.78 is 1.83. The van der Waals surface area contributed by atoms with Crippen LogP contribution in [-0.2, 0) is 4.79 Å². The summed E-state index contributed by atoms with van der Waals surface area (Å²) in [6, 6.07) is 8.30. The van der Waals surface area contributed by atoms with Gasteiger partial charge < -0.3 is 10.2 Å². The van der Waals surface area contributed by atoms with Gasteiger partial charge in [-0.25, -0.2) is 4.68 Å². The number of carbonyl (C=O) groups is 1. The van der Waals surface area contributed by atoms with Crippen molar-refractivity contribution in [2.45, 2.75) is 46.6 Å². The lowest BCUT2D eigenvalue weighted by atomic mass is 9.73. The van der Waals surface area contributed by atoms with Gasteiger partial charge in [-0.1, -0.05) is 26.0 Å². The molecule has 1 N–H and O–H groups in total. The lowest BCUT2D eigenvalue weighted by Crippen LogP contribution is -2.36. The van der Waals surface area contributed by atoms with Crippen LogP contribution in [0.2, 0.25) is 0 Å². The molecular weight excluding hydrogens is 338 g/mol. The quantitative estimate of drug-likeness (QED) is 0.893. The molecule has 6 heteroatoms. The number of carbonyl (C=O) groups excluding carboxylic acids is 1. The topological polar surface area (TPSA) is 63.1 Å². The number of hydrogen-bond donors (Lipinski definition) is 1. The van der Waals surface area contributed by atoms with E-state index in [0.717, 1.165) is 36.3 Å². The first-order valence-electron chi connectivity index (χ1n) is 9.71. The van der Waals surface area contributed by atoms with E-state index >= 15 is 0 Å². The number of nitrogens with zero attached hydrogens (tertiary/aromatic N) is 4. The van der Waals surface area contributed by atoms with Gasteiger partial charge in [-0.15, -0.1) is 0 Å². The molecule has 2 aliphatic rings. The maximum absolute atomic E-state index is 13.1. The molecule has 4 rings (SSSR count). The summed E-state index contributed by atoms with van der Waals surface area (Å²) >= 11 is 0. The molecule has 0 saturated carbocycles. The van der Waals surface area contributed by atoms with E-state index in [1.54, 1.807) is 6.33 Å². The molecule has 6 nitrogen and oxygen atoms in total. The molecule has 142 valence electrons. The van der Waals surface area contributed by atoms with Crippen LogP contribution >= 0.6 is 0 Å². The van der Waals surface area contributed by atoms with Gasteiger partial charge in [0.05, 0.1) is 0 Å². The molecule has 2 aromatic rings. The lowest BCUT2D eigenvalue weighted by Gasteiger charge is -2.38. The van der Waals surface area contributed by atoms with Gasteiger partial charge in [0.2, 0.25) is 5.95 Å². The summed E-state index contributed by atoms with van der Waals surface area (Å²) in [5, 5.41) is 7.77. The van der Waals surface area contributed by atoms with E-state index < -0.39 is 0 Å². The molecular formula is C21H27N5O. The van der Waals surface area contributed by atoms with Crippen LogP contribution in [0.5, 0.6) is 0 Å². The van der Waals surface area contributed by atoms with Crippen LogP contribution in [0.3, 0.4) is 0 Å². The van der Waals surface area contributed by atoms with Crippen LogP contribution in [0, 0.1) is 5.41 Å². The van der Waals surface area contributed by atoms with Crippen molar-refractivity contribution < 1.29 is 4.79 Å². The summed E-state index contributed by atoms with van der Waals surface area (Å²) in [5.41, 5.74) is 4.06. The van der Waals surface area contributed by atoms with Gasteiger partial charge in [-0.3, -0.25) is 4.79 Å². The third-order valence-electron chi connectivity index (χ3n) is 5.61. The second-order valence-corrected chi connectivity index (χ2v) is 8.15. The van der Waals surface area contributed by atoms with Crippen molar-refractivity contribution in [3.8, 4) is 0 Å². The highest BCUT2D eigenvalue weighted by Gasteiger charge is 2.41. The standard InChI is InChI=1S/C21H27N5O/c1-5-25(6-2)15-9-7-14(8-10-15)19-18-16(11-21(3,4)12-17(18)27)24-20-22-13-23-26(19)20/h7-10,13,19H,5-6,11-12H2,1-4H3,(H,22,23,24)/t19-/m0/s1. The van der Waals surface area contributed by atoms with Gasteiger partial charge >= 0.3 is 0 Å². The third kappa shape index (κ3) is 3.03. The van der Waals surface area contributed by atoms with Crippen molar-refractivity contribution in [3.05, 3.63) is 47.4 Å². The Morgan fingerprint density at radius 3 is 2.56 bits per heavy atom. The van der Waals surface area contributed by atoms with Gasteiger partial charge in [0.15, 0.2) is 5.78 Å². The lowest BCUT2D eigenvalue weighted by molar-refractivity contribution is -0.118. The zero-order valence-electron chi connectivity index (χ0n) is 16.5. The first-order chi connectivity index (χ1) is 12.9. The predicted molar refractivity (Wildman–Crippen MR) is 107 cm³/mol. The summed E-state index contributed by atoms with van der Waals surface area (Å²) in [7, 11) is 0. The monoisotopic (exact) mass is 365 g/mol. The second-order valence-electron chi connectivity index (χ2n) is 8.15. The predicted octanol–water partition coefficient (Wildman–Crippen LogP) is 3.78. The number of anilines is 2. The number of hydrogen-bond acceptors (Lipinski definition) is 5. The summed E-state index contributed by atoms with van der Waals surface area (Å²) in [6.07, 6.45) is 2.95. The highest BCUT2D eigenvalue weighted by atomic mass is 16.1. The smallest absolute Gasteiger partial charge is 0.226 e. The van der Waals surface area contributed by atoms with E-state index in [1.807, 2.05) is 4.68 Å². The van der Waals surface area contributed by atoms with E-state index in [2.05, 4.69) is 72.3 Å². The number of allylic oxidation sites excluding steroid dienone is 2. The van der Waals surface area contributed by atoms with Crippen molar-refractivity contribution in [2.24, 2.45) is 5.41 Å². The second kappa shape index (κ2) is 6.51. The van der Waals surface area contributed by atoms with Crippen LogP contribution in [0.25, 0.3) is 0 Å². The first-order valence-corrected chi connectivity index (χ1v) is 9.71. The minimum absolute atomic E-state index is 0.0394. The van der Waals surface area contributed by atoms with Crippen molar-refractivity contribution in [1.82, 2.24) is 14.8 Å². The molecule has 1 atom stereocenters. The molecule has 0 bridgehead atoms. The van der Waals surface area contributed by atoms with E-state index in [-0.39, 0.29) is 17.2 Å². The molecule has 1 aliphatic carbocycles. The molecule has 1 aromatic heterocycles. The van der Waals surface area contributed by atoms with Gasteiger partial charge in [-0.2, -0.15) is 10.1 Å². The number of nitrogens with one attached hydrogen (secondary N) is 1. The highest BCUT2D eigenvalue weighted by molar-refractivity contribution is 6.00. The largest absolute Gasteiger partial charge is 0.372 e. The molecule has 1 aliphatic heterocycles. The molecule has 0 spiro atoms. The van der Waals surface area contributed by atoms with Gasteiger partial charge in [0, 0.05) is 36.5 Å². The molecule has 0 saturated heterocycles. The van der Waals surface area contributed by atoms with Crippen molar-refractivity contribution in [3.63, 3.8) is 0 Å². The molecule has 0 radical (unpaired) electrons. The van der Waals surface area contributed by atoms with E-state index in [0.29, 0.717) is 12.4 Å². The fourth-order valence-corrected chi connectivity index (χ4v) is 4.31. The van der Waals surface area contributed by atoms with Crippen LogP contribution in [0.4, 0.5) is 11.6 Å². The fourth-order valence-electron chi connectivity index (χ4n) is 4.31. The van der Waals surface area contributed by atoms with Crippen molar-refractivity contribution in [2.75, 3.05) is 23.3 Å². The van der Waals surface area contributed by atoms with Gasteiger partial charge in [-0.05, 0) is 43.4 Å². The van der Waals surface area contributed by atoms with Crippen molar-refractivity contribution in [1.29, 1.82) is 0 Å². The Balaban J connectivity index is 1.78. The SMILES string of the molecule is CCN(CC)c1ccc([C@H]2C3=C(CC(C)(C)CC3=O)Nc3ncnn32)cc1. The Hall–Kier alpha value is -2.63. The Morgan fingerprint density at radius 1 is 1.19 bits per heavy atom. The van der Waals surface area contributed by atoms with Crippen molar-refractivity contribution >= 4 is 17.4 Å². The number of benzene rings is 1. The number of Topliss-reactive ketones (excluding diaryl/α,β-unsaturated/α-hetero) is 1. The zero-order chi connectivity index (χ0) is 19.2. The summed E-state index contributed by atoms with van der Waals surface area (Å²) in [4.78, 5) is 19.7. The molecule has 1 aromatic carbocycles. The average molecular weight is 365 g/mol. The maximum atomic E-state index is 13.1. The molecule has 2 heterocycles. The van der Waals surface area contributed by atoms with Crippen LogP contribution in [0.1, 0.15) is 52.1 Å². The normalized spacial score (nSPS) is 20.7. The van der Waals surface area contributed by atoms with Gasteiger partial charge in [0.1, 0.15) is 12.4 Å². The Labute approximate surface area is 160 Å². The Morgan fingerprint density at radius 2 is 1.89 bits per heavy atom. The van der Waals surface area contributed by atoms with E-state index in [9.17, 15) is 4.79 Å². The molecule has 27 heavy (non-hydrogen) atoms. The maximum Gasteiger partial charge on any atom is 0.226 e. The Bertz CT molecular complexity index is 890. The zero-order valence-corrected chi connectivity index (χ0v) is 16.5. The van der Waals surface area contributed by atoms with E-state index in [4.69, 9.17) is 0 Å². The van der Waals surface area contributed by atoms with Crippen LogP contribution in [-0.4, -0.2) is 33.6 Å². The fraction of sp³-hybridized carbons (Fsp3) is 0.476. The first kappa shape index (κ1) is 17.8. The van der Waals surface area contributed by atoms with E-state index in [1.165, 1.54) is 5.69 Å². The number of ketones is 1. The molecule has 0 fully saturated rings. The average Bonchev–Trinajstić information content (AvgIpc) is 3.08. The highest BCUT2D eigenvalue weighted by Crippen LogP contribution is 2.45. The minimum atomic E-state index is -0.215. The van der Waals surface area contributed by atoms with Crippen LogP contribution < -0.4 is 10.2 Å². The summed E-state index contributed by atoms with van der Waals surface area (Å²) in [6.45, 7) is 10.5. The molecule has 0 unspecified atom stereocenters. The number of aromatic nitrogens is 3. The third-order valence-corrected chi connectivity index (χ3v) is 5.61. The van der Waals surface area contributed by atoms with Crippen LogP contribution in [0.15, 0.2) is 41.9 Å². The van der Waals surface area contributed by atoms with Gasteiger partial charge in [0.25, 0.3) is 0 Å². The number of rotatable bonds is 4. The Kier molecular flexibility index (Phi) is 4.29. The molecule has 0 amide bonds.